The lowest BCUT2D eigenvalue weighted by atomic mass is 10.1. The van der Waals surface area contributed by atoms with Crippen molar-refractivity contribution < 1.29 is 36.7 Å². The van der Waals surface area contributed by atoms with Gasteiger partial charge in [-0.05, 0) is 24.3 Å². The van der Waals surface area contributed by atoms with Crippen LogP contribution in [0.3, 0.4) is 0 Å². The summed E-state index contributed by atoms with van der Waals surface area (Å²) in [6.45, 7) is -0.714. The van der Waals surface area contributed by atoms with E-state index in [9.17, 15) is 22.8 Å². The number of hydrogen-bond acceptors (Lipinski definition) is 5. The Bertz CT molecular complexity index is 1040. The summed E-state index contributed by atoms with van der Waals surface area (Å²) in [5, 5.41) is 2.79. The molecule has 9 heteroatoms. The van der Waals surface area contributed by atoms with Gasteiger partial charge in [0.15, 0.2) is 6.61 Å². The van der Waals surface area contributed by atoms with Crippen LogP contribution in [0.15, 0.2) is 53.1 Å². The van der Waals surface area contributed by atoms with Gasteiger partial charge in [0, 0.05) is 17.0 Å². The minimum absolute atomic E-state index is 0.161. The molecule has 0 saturated carbocycles. The highest BCUT2D eigenvalue weighted by Crippen LogP contribution is 2.34. The molecule has 0 radical (unpaired) electrons. The van der Waals surface area contributed by atoms with Crippen LogP contribution in [0.1, 0.15) is 11.1 Å². The third-order valence-electron chi connectivity index (χ3n) is 4.07. The third kappa shape index (κ3) is 4.87. The number of nitrogens with one attached hydrogen (secondary N) is 1. The van der Waals surface area contributed by atoms with E-state index in [1.54, 1.807) is 18.2 Å². The first-order valence-electron chi connectivity index (χ1n) is 8.43. The zero-order valence-corrected chi connectivity index (χ0v) is 15.2. The fraction of sp³-hybridized carbons (Fsp3) is 0.200. The van der Waals surface area contributed by atoms with Crippen molar-refractivity contribution in [1.29, 1.82) is 0 Å². The van der Waals surface area contributed by atoms with Crippen molar-refractivity contribution in [3.63, 3.8) is 0 Å². The van der Waals surface area contributed by atoms with Crippen LogP contribution in [0.5, 0.6) is 5.75 Å². The van der Waals surface area contributed by atoms with Gasteiger partial charge < -0.3 is 19.2 Å². The van der Waals surface area contributed by atoms with Gasteiger partial charge in [-0.2, -0.15) is 13.2 Å². The minimum atomic E-state index is -4.62. The molecular formula is C20H16F3NO5. The molecule has 0 fully saturated rings. The first-order valence-corrected chi connectivity index (χ1v) is 8.43. The highest BCUT2D eigenvalue weighted by atomic mass is 19.4. The summed E-state index contributed by atoms with van der Waals surface area (Å²) in [5.41, 5.74) is -0.320. The largest absolute Gasteiger partial charge is 0.497 e. The molecule has 0 spiro atoms. The lowest BCUT2D eigenvalue weighted by Gasteiger charge is -2.13. The monoisotopic (exact) mass is 407 g/mol. The number of carbonyl (C=O) groups excluding carboxylic acids is 2. The summed E-state index contributed by atoms with van der Waals surface area (Å²) in [6, 6.07) is 9.63. The predicted molar refractivity (Wildman–Crippen MR) is 97.5 cm³/mol. The fourth-order valence-electron chi connectivity index (χ4n) is 2.71. The van der Waals surface area contributed by atoms with Crippen LogP contribution < -0.4 is 10.1 Å². The molecule has 6 nitrogen and oxygen atoms in total. The Labute approximate surface area is 163 Å². The number of carbonyl (C=O) groups is 2. The smallest absolute Gasteiger partial charge is 0.418 e. The maximum atomic E-state index is 12.9. The molecule has 0 atom stereocenters. The minimum Gasteiger partial charge on any atom is -0.497 e. The quantitative estimate of drug-likeness (QED) is 0.620. The van der Waals surface area contributed by atoms with Crippen molar-refractivity contribution in [2.75, 3.05) is 19.0 Å². The lowest BCUT2D eigenvalue weighted by Crippen LogP contribution is -2.23. The van der Waals surface area contributed by atoms with Crippen molar-refractivity contribution in [2.24, 2.45) is 0 Å². The lowest BCUT2D eigenvalue weighted by molar-refractivity contribution is -0.146. The maximum Gasteiger partial charge on any atom is 0.418 e. The van der Waals surface area contributed by atoms with E-state index >= 15 is 0 Å². The van der Waals surface area contributed by atoms with Gasteiger partial charge in [-0.15, -0.1) is 0 Å². The van der Waals surface area contributed by atoms with Gasteiger partial charge in [-0.25, -0.2) is 0 Å². The first kappa shape index (κ1) is 20.2. The molecule has 1 aromatic heterocycles. The Balaban J connectivity index is 1.58. The Kier molecular flexibility index (Phi) is 5.76. The molecule has 1 N–H and O–H groups in total. The van der Waals surface area contributed by atoms with E-state index in [4.69, 9.17) is 13.9 Å². The molecule has 0 bridgehead atoms. The number of halogens is 3. The second-order valence-corrected chi connectivity index (χ2v) is 6.05. The van der Waals surface area contributed by atoms with E-state index in [1.165, 1.54) is 25.5 Å². The van der Waals surface area contributed by atoms with Crippen molar-refractivity contribution >= 4 is 28.5 Å². The number of alkyl halides is 3. The fourth-order valence-corrected chi connectivity index (χ4v) is 2.71. The second-order valence-electron chi connectivity index (χ2n) is 6.05. The third-order valence-corrected chi connectivity index (χ3v) is 4.07. The van der Waals surface area contributed by atoms with Gasteiger partial charge in [0.05, 0.1) is 31.0 Å². The van der Waals surface area contributed by atoms with Gasteiger partial charge in [0.1, 0.15) is 11.3 Å². The average molecular weight is 407 g/mol. The number of fused-ring (bicyclic) bond motifs is 1. The number of ether oxygens (including phenoxy) is 2. The summed E-state index contributed by atoms with van der Waals surface area (Å²) in [7, 11) is 1.51. The number of hydrogen-bond donors (Lipinski definition) is 1. The van der Waals surface area contributed by atoms with Gasteiger partial charge in [0.25, 0.3) is 5.91 Å². The molecule has 3 rings (SSSR count). The van der Waals surface area contributed by atoms with E-state index in [0.29, 0.717) is 22.3 Å². The zero-order chi connectivity index (χ0) is 21.0. The highest BCUT2D eigenvalue weighted by Gasteiger charge is 2.33. The summed E-state index contributed by atoms with van der Waals surface area (Å²) in [4.78, 5) is 23.9. The molecule has 0 aliphatic heterocycles. The van der Waals surface area contributed by atoms with Crippen molar-refractivity contribution in [3.05, 3.63) is 59.9 Å². The number of methoxy groups -OCH3 is 1. The zero-order valence-electron chi connectivity index (χ0n) is 15.2. The molecule has 1 amide bonds. The van der Waals surface area contributed by atoms with Crippen LogP contribution in [0, 0.1) is 0 Å². The molecule has 29 heavy (non-hydrogen) atoms. The number of anilines is 1. The second kappa shape index (κ2) is 8.26. The Morgan fingerprint density at radius 1 is 1.14 bits per heavy atom. The SMILES string of the molecule is COc1ccc2c(CC(=O)OCC(=O)Nc3ccccc3C(F)(F)F)coc2c1. The summed E-state index contributed by atoms with van der Waals surface area (Å²) in [6.07, 6.45) is -3.39. The van der Waals surface area contributed by atoms with Crippen molar-refractivity contribution in [1.82, 2.24) is 0 Å². The van der Waals surface area contributed by atoms with Gasteiger partial charge in [-0.3, -0.25) is 9.59 Å². The van der Waals surface area contributed by atoms with Gasteiger partial charge >= 0.3 is 12.1 Å². The van der Waals surface area contributed by atoms with E-state index in [2.05, 4.69) is 5.32 Å². The van der Waals surface area contributed by atoms with Gasteiger partial charge in [-0.1, -0.05) is 12.1 Å². The standard InChI is InChI=1S/C20H16F3NO5/c1-27-13-6-7-14-12(10-28-17(14)9-13)8-19(26)29-11-18(25)24-16-5-3-2-4-15(16)20(21,22)23/h2-7,9-10H,8,11H2,1H3,(H,24,25). The molecule has 1 heterocycles. The van der Waals surface area contributed by atoms with E-state index in [1.807, 2.05) is 0 Å². The topological polar surface area (TPSA) is 77.8 Å². The normalized spacial score (nSPS) is 11.3. The van der Waals surface area contributed by atoms with Crippen LogP contribution >= 0.6 is 0 Å². The number of amides is 1. The maximum absolute atomic E-state index is 12.9. The van der Waals surface area contributed by atoms with Gasteiger partial charge in [0.2, 0.25) is 0 Å². The molecule has 2 aromatic carbocycles. The van der Waals surface area contributed by atoms with E-state index < -0.39 is 35.9 Å². The number of esters is 1. The molecule has 0 aliphatic carbocycles. The Morgan fingerprint density at radius 3 is 2.62 bits per heavy atom. The van der Waals surface area contributed by atoms with Crippen LogP contribution in [-0.2, 0) is 26.9 Å². The van der Waals surface area contributed by atoms with Crippen LogP contribution in [-0.4, -0.2) is 25.6 Å². The Morgan fingerprint density at radius 2 is 1.90 bits per heavy atom. The van der Waals surface area contributed by atoms with Crippen LogP contribution in [0.4, 0.5) is 18.9 Å². The number of benzene rings is 2. The molecule has 152 valence electrons. The Hall–Kier alpha value is -3.49. The molecule has 0 saturated heterocycles. The number of furan rings is 1. The van der Waals surface area contributed by atoms with Crippen molar-refractivity contribution in [2.45, 2.75) is 12.6 Å². The van der Waals surface area contributed by atoms with Crippen LogP contribution in [0.25, 0.3) is 11.0 Å². The highest BCUT2D eigenvalue weighted by molar-refractivity contribution is 5.94. The average Bonchev–Trinajstić information content (AvgIpc) is 3.08. The van der Waals surface area contributed by atoms with Crippen LogP contribution in [0.2, 0.25) is 0 Å². The molecule has 3 aromatic rings. The molecule has 0 unspecified atom stereocenters. The summed E-state index contributed by atoms with van der Waals surface area (Å²) >= 11 is 0. The summed E-state index contributed by atoms with van der Waals surface area (Å²) in [5.74, 6) is -1.00. The number of para-hydroxylation sites is 1. The molecule has 0 aliphatic rings. The summed E-state index contributed by atoms with van der Waals surface area (Å²) < 4.78 is 54.2. The first-order chi connectivity index (χ1) is 13.8. The molecular weight excluding hydrogens is 391 g/mol. The predicted octanol–water partition coefficient (Wildman–Crippen LogP) is 4.18. The van der Waals surface area contributed by atoms with E-state index in [-0.39, 0.29) is 6.42 Å². The van der Waals surface area contributed by atoms with E-state index in [0.717, 1.165) is 12.1 Å². The number of rotatable bonds is 6. The van der Waals surface area contributed by atoms with Crippen molar-refractivity contribution in [3.8, 4) is 5.75 Å².